The van der Waals surface area contributed by atoms with E-state index in [1.165, 1.54) is 58.3 Å². The van der Waals surface area contributed by atoms with Crippen molar-refractivity contribution in [2.45, 2.75) is 57.2 Å². The van der Waals surface area contributed by atoms with Crippen molar-refractivity contribution in [3.05, 3.63) is 0 Å². The molecule has 3 heteroatoms. The van der Waals surface area contributed by atoms with Gasteiger partial charge in [0.15, 0.2) is 0 Å². The van der Waals surface area contributed by atoms with Crippen LogP contribution in [0.4, 0.5) is 0 Å². The Morgan fingerprint density at radius 2 is 2.00 bits per heavy atom. The van der Waals surface area contributed by atoms with Gasteiger partial charge in [0.25, 0.3) is 0 Å². The van der Waals surface area contributed by atoms with E-state index in [4.69, 9.17) is 0 Å². The van der Waals surface area contributed by atoms with Gasteiger partial charge in [-0.05, 0) is 65.1 Å². The lowest BCUT2D eigenvalue weighted by atomic mass is 9.84. The van der Waals surface area contributed by atoms with E-state index >= 15 is 0 Å². The number of hydrogen-bond acceptors (Lipinski definition) is 3. The van der Waals surface area contributed by atoms with Gasteiger partial charge in [-0.3, -0.25) is 4.90 Å². The van der Waals surface area contributed by atoms with Gasteiger partial charge in [-0.1, -0.05) is 0 Å². The molecule has 3 atom stereocenters. The number of likely N-dealkylation sites (tertiary alicyclic amines) is 2. The van der Waals surface area contributed by atoms with Crippen LogP contribution in [0.25, 0.3) is 0 Å². The molecule has 104 valence electrons. The van der Waals surface area contributed by atoms with Gasteiger partial charge < -0.3 is 10.2 Å². The molecule has 3 unspecified atom stereocenters. The highest BCUT2D eigenvalue weighted by Gasteiger charge is 2.35. The molecule has 1 N–H and O–H groups in total. The van der Waals surface area contributed by atoms with E-state index in [0.717, 1.165) is 24.0 Å². The number of rotatable bonds is 4. The maximum Gasteiger partial charge on any atom is 0.0192 e. The summed E-state index contributed by atoms with van der Waals surface area (Å²) >= 11 is 0. The molecule has 0 amide bonds. The fraction of sp³-hybridized carbons (Fsp3) is 1.00. The molecule has 18 heavy (non-hydrogen) atoms. The molecule has 0 aromatic heterocycles. The van der Waals surface area contributed by atoms with Crippen molar-refractivity contribution < 1.29 is 0 Å². The van der Waals surface area contributed by atoms with Crippen molar-refractivity contribution in [1.29, 1.82) is 0 Å². The molecule has 0 spiro atoms. The first-order chi connectivity index (χ1) is 8.74. The van der Waals surface area contributed by atoms with Gasteiger partial charge in [0.05, 0.1) is 0 Å². The Balaban J connectivity index is 1.49. The molecule has 0 aromatic carbocycles. The Labute approximate surface area is 112 Å². The third-order valence-corrected chi connectivity index (χ3v) is 5.28. The molecule has 1 aliphatic carbocycles. The largest absolute Gasteiger partial charge is 0.312 e. The summed E-state index contributed by atoms with van der Waals surface area (Å²) in [5.74, 6) is 0.931. The van der Waals surface area contributed by atoms with Gasteiger partial charge in [-0.2, -0.15) is 0 Å². The fourth-order valence-corrected chi connectivity index (χ4v) is 3.83. The normalized spacial score (nSPS) is 36.3. The van der Waals surface area contributed by atoms with Crippen LogP contribution in [0.15, 0.2) is 0 Å². The maximum atomic E-state index is 3.68. The predicted octanol–water partition coefficient (Wildman–Crippen LogP) is 1.54. The van der Waals surface area contributed by atoms with Gasteiger partial charge in [-0.15, -0.1) is 0 Å². The minimum Gasteiger partial charge on any atom is -0.312 e. The first-order valence-corrected chi connectivity index (χ1v) is 7.91. The van der Waals surface area contributed by atoms with Gasteiger partial charge in [0.1, 0.15) is 0 Å². The first kappa shape index (κ1) is 12.9. The average molecular weight is 251 g/mol. The van der Waals surface area contributed by atoms with E-state index in [2.05, 4.69) is 29.1 Å². The van der Waals surface area contributed by atoms with Crippen LogP contribution in [0, 0.1) is 5.92 Å². The number of nitrogens with one attached hydrogen (secondary N) is 1. The van der Waals surface area contributed by atoms with E-state index in [9.17, 15) is 0 Å². The van der Waals surface area contributed by atoms with Crippen molar-refractivity contribution in [2.75, 3.05) is 33.2 Å². The minimum absolute atomic E-state index is 0.721. The summed E-state index contributed by atoms with van der Waals surface area (Å²) in [5, 5.41) is 3.68. The average Bonchev–Trinajstić information content (AvgIpc) is 3.20. The molecule has 3 fully saturated rings. The van der Waals surface area contributed by atoms with Crippen LogP contribution in [0.5, 0.6) is 0 Å². The van der Waals surface area contributed by atoms with Crippen LogP contribution < -0.4 is 5.32 Å². The van der Waals surface area contributed by atoms with Crippen LogP contribution in [0.3, 0.4) is 0 Å². The van der Waals surface area contributed by atoms with Crippen LogP contribution in [0.1, 0.15) is 39.0 Å². The smallest absolute Gasteiger partial charge is 0.0192 e. The van der Waals surface area contributed by atoms with Gasteiger partial charge in [0, 0.05) is 31.2 Å². The molecule has 2 heterocycles. The Morgan fingerprint density at radius 1 is 1.17 bits per heavy atom. The number of hydrogen-bond donors (Lipinski definition) is 1. The lowest BCUT2D eigenvalue weighted by Crippen LogP contribution is -2.55. The Kier molecular flexibility index (Phi) is 3.92. The molecular weight excluding hydrogens is 222 g/mol. The van der Waals surface area contributed by atoms with Crippen molar-refractivity contribution >= 4 is 0 Å². The Morgan fingerprint density at radius 3 is 2.78 bits per heavy atom. The molecule has 3 nitrogen and oxygen atoms in total. The first-order valence-electron chi connectivity index (χ1n) is 7.91. The number of nitrogens with zero attached hydrogens (tertiary/aromatic N) is 2. The molecule has 2 saturated heterocycles. The van der Waals surface area contributed by atoms with E-state index in [0.29, 0.717) is 0 Å². The van der Waals surface area contributed by atoms with Crippen LogP contribution in [0.2, 0.25) is 0 Å². The van der Waals surface area contributed by atoms with Gasteiger partial charge >= 0.3 is 0 Å². The number of piperidine rings is 2. The highest BCUT2D eigenvalue weighted by molar-refractivity contribution is 4.91. The Hall–Kier alpha value is -0.120. The maximum absolute atomic E-state index is 3.68. The molecule has 3 rings (SSSR count). The summed E-state index contributed by atoms with van der Waals surface area (Å²) in [6.07, 6.45) is 7.05. The summed E-state index contributed by atoms with van der Waals surface area (Å²) in [5.41, 5.74) is 0. The molecule has 0 radical (unpaired) electrons. The van der Waals surface area contributed by atoms with Gasteiger partial charge in [0.2, 0.25) is 0 Å². The fourth-order valence-electron chi connectivity index (χ4n) is 3.83. The summed E-state index contributed by atoms with van der Waals surface area (Å²) in [7, 11) is 2.32. The van der Waals surface area contributed by atoms with E-state index < -0.39 is 0 Å². The monoisotopic (exact) mass is 251 g/mol. The van der Waals surface area contributed by atoms with Crippen LogP contribution in [-0.2, 0) is 0 Å². The minimum atomic E-state index is 0.721. The summed E-state index contributed by atoms with van der Waals surface area (Å²) < 4.78 is 0. The standard InChI is InChI=1S/C15H29N3/c1-12(10-16-14-5-6-14)18-9-7-15-13(11-18)4-3-8-17(15)2/h12-16H,3-11H2,1-2H3. The topological polar surface area (TPSA) is 18.5 Å². The lowest BCUT2D eigenvalue weighted by molar-refractivity contribution is 0.0233. The quantitative estimate of drug-likeness (QED) is 0.818. The van der Waals surface area contributed by atoms with Crippen LogP contribution >= 0.6 is 0 Å². The third-order valence-electron chi connectivity index (χ3n) is 5.28. The SMILES string of the molecule is CC(CNC1CC1)N1CCC2C(CCCN2C)C1. The third kappa shape index (κ3) is 2.89. The summed E-state index contributed by atoms with van der Waals surface area (Å²) in [6.45, 7) is 7.56. The van der Waals surface area contributed by atoms with Crippen molar-refractivity contribution in [3.63, 3.8) is 0 Å². The van der Waals surface area contributed by atoms with E-state index in [1.807, 2.05) is 0 Å². The zero-order valence-electron chi connectivity index (χ0n) is 12.1. The van der Waals surface area contributed by atoms with Crippen molar-refractivity contribution in [3.8, 4) is 0 Å². The zero-order chi connectivity index (χ0) is 12.5. The molecule has 1 saturated carbocycles. The highest BCUT2D eigenvalue weighted by atomic mass is 15.2. The highest BCUT2D eigenvalue weighted by Crippen LogP contribution is 2.30. The lowest BCUT2D eigenvalue weighted by Gasteiger charge is -2.47. The predicted molar refractivity (Wildman–Crippen MR) is 75.8 cm³/mol. The summed E-state index contributed by atoms with van der Waals surface area (Å²) in [4.78, 5) is 5.34. The zero-order valence-corrected chi connectivity index (χ0v) is 12.1. The second-order valence-electron chi connectivity index (χ2n) is 6.77. The number of fused-ring (bicyclic) bond motifs is 1. The van der Waals surface area contributed by atoms with Crippen LogP contribution in [-0.4, -0.2) is 61.2 Å². The van der Waals surface area contributed by atoms with Gasteiger partial charge in [-0.25, -0.2) is 0 Å². The molecule has 2 aliphatic heterocycles. The molecule has 0 bridgehead atoms. The van der Waals surface area contributed by atoms with E-state index in [-0.39, 0.29) is 0 Å². The summed E-state index contributed by atoms with van der Waals surface area (Å²) in [6, 6.07) is 2.45. The van der Waals surface area contributed by atoms with Crippen molar-refractivity contribution in [2.24, 2.45) is 5.92 Å². The molecule has 3 aliphatic rings. The van der Waals surface area contributed by atoms with Crippen molar-refractivity contribution in [1.82, 2.24) is 15.1 Å². The Bertz CT molecular complexity index is 277. The molecular formula is C15H29N3. The second kappa shape index (κ2) is 5.48. The second-order valence-corrected chi connectivity index (χ2v) is 6.77. The molecule has 0 aromatic rings. The van der Waals surface area contributed by atoms with E-state index in [1.54, 1.807) is 0 Å².